The summed E-state index contributed by atoms with van der Waals surface area (Å²) >= 11 is 0. The fraction of sp³-hybridized carbons (Fsp3) is 0.200. The average Bonchev–Trinajstić information content (AvgIpc) is 3.20. The zero-order valence-corrected chi connectivity index (χ0v) is 19.6. The van der Waals surface area contributed by atoms with Crippen molar-refractivity contribution in [1.29, 1.82) is 0 Å². The van der Waals surface area contributed by atoms with Gasteiger partial charge in [0.1, 0.15) is 6.26 Å². The van der Waals surface area contributed by atoms with E-state index in [1.807, 2.05) is 30.3 Å². The monoisotopic (exact) mass is 541 g/mol. The SMILES string of the molecule is CN=C(NCCc1ccc(S(N)(=O)=O)cc1)NCc1coc(-c2ccccc2)n1.I. The number of nitrogens with zero attached hydrogens (tertiary/aromatic N) is 2. The predicted octanol–water partition coefficient (Wildman–Crippen LogP) is 2.51. The molecule has 4 N–H and O–H groups in total. The van der Waals surface area contributed by atoms with Crippen molar-refractivity contribution in [2.75, 3.05) is 13.6 Å². The van der Waals surface area contributed by atoms with E-state index in [2.05, 4.69) is 20.6 Å². The van der Waals surface area contributed by atoms with E-state index in [-0.39, 0.29) is 28.9 Å². The van der Waals surface area contributed by atoms with Crippen LogP contribution in [0.5, 0.6) is 0 Å². The molecule has 1 heterocycles. The number of hydrogen-bond donors (Lipinski definition) is 3. The molecule has 0 amide bonds. The highest BCUT2D eigenvalue weighted by Crippen LogP contribution is 2.17. The summed E-state index contributed by atoms with van der Waals surface area (Å²) in [4.78, 5) is 8.76. The van der Waals surface area contributed by atoms with Crippen molar-refractivity contribution in [2.45, 2.75) is 17.9 Å². The molecule has 0 aliphatic rings. The van der Waals surface area contributed by atoms with Crippen molar-refractivity contribution in [1.82, 2.24) is 15.6 Å². The van der Waals surface area contributed by atoms with Crippen LogP contribution in [0.2, 0.25) is 0 Å². The lowest BCUT2D eigenvalue weighted by molar-refractivity contribution is 0.572. The van der Waals surface area contributed by atoms with E-state index < -0.39 is 10.0 Å². The van der Waals surface area contributed by atoms with Gasteiger partial charge in [-0.15, -0.1) is 24.0 Å². The number of nitrogens with one attached hydrogen (secondary N) is 2. The maximum atomic E-state index is 11.3. The van der Waals surface area contributed by atoms with Crippen molar-refractivity contribution < 1.29 is 12.8 Å². The Hall–Kier alpha value is -2.44. The van der Waals surface area contributed by atoms with E-state index in [4.69, 9.17) is 9.56 Å². The zero-order valence-electron chi connectivity index (χ0n) is 16.4. The first kappa shape index (κ1) is 23.8. The number of aliphatic imine (C=N–C) groups is 1. The van der Waals surface area contributed by atoms with Crippen LogP contribution in [0.25, 0.3) is 11.5 Å². The molecule has 0 aliphatic heterocycles. The molecule has 0 bridgehead atoms. The third-order valence-electron chi connectivity index (χ3n) is 4.19. The van der Waals surface area contributed by atoms with Crippen LogP contribution >= 0.6 is 24.0 Å². The Morgan fingerprint density at radius 3 is 2.43 bits per heavy atom. The van der Waals surface area contributed by atoms with E-state index in [1.165, 1.54) is 12.1 Å². The second kappa shape index (κ2) is 11.1. The largest absolute Gasteiger partial charge is 0.444 e. The number of rotatable bonds is 7. The maximum Gasteiger partial charge on any atom is 0.238 e. The molecule has 10 heteroatoms. The summed E-state index contributed by atoms with van der Waals surface area (Å²) in [6.07, 6.45) is 2.32. The van der Waals surface area contributed by atoms with Crippen LogP contribution in [-0.2, 0) is 23.0 Å². The van der Waals surface area contributed by atoms with E-state index >= 15 is 0 Å². The van der Waals surface area contributed by atoms with Crippen LogP contribution in [0.1, 0.15) is 11.3 Å². The molecule has 0 spiro atoms. The number of oxazole rings is 1. The maximum absolute atomic E-state index is 11.3. The Kier molecular flexibility index (Phi) is 8.81. The molecular formula is C20H24IN5O3S. The quantitative estimate of drug-likeness (QED) is 0.240. The van der Waals surface area contributed by atoms with Gasteiger partial charge >= 0.3 is 0 Å². The molecule has 3 aromatic rings. The van der Waals surface area contributed by atoms with Gasteiger partial charge in [0.05, 0.1) is 17.1 Å². The van der Waals surface area contributed by atoms with Crippen LogP contribution in [0.4, 0.5) is 0 Å². The lowest BCUT2D eigenvalue weighted by Gasteiger charge is -2.11. The first-order valence-corrected chi connectivity index (χ1v) is 10.6. The molecule has 160 valence electrons. The van der Waals surface area contributed by atoms with Crippen LogP contribution in [0.3, 0.4) is 0 Å². The second-order valence-electron chi connectivity index (χ2n) is 6.30. The van der Waals surface area contributed by atoms with Gasteiger partial charge in [-0.2, -0.15) is 0 Å². The van der Waals surface area contributed by atoms with Gasteiger partial charge in [-0.25, -0.2) is 18.5 Å². The first-order valence-electron chi connectivity index (χ1n) is 9.02. The van der Waals surface area contributed by atoms with E-state index in [9.17, 15) is 8.42 Å². The molecule has 0 atom stereocenters. The minimum Gasteiger partial charge on any atom is -0.444 e. The summed E-state index contributed by atoms with van der Waals surface area (Å²) in [6.45, 7) is 1.10. The van der Waals surface area contributed by atoms with Crippen LogP contribution < -0.4 is 15.8 Å². The Bertz CT molecular complexity index is 1070. The van der Waals surface area contributed by atoms with E-state index in [0.717, 1.165) is 16.8 Å². The average molecular weight is 541 g/mol. The molecule has 1 aromatic heterocycles. The fourth-order valence-corrected chi connectivity index (χ4v) is 3.18. The summed E-state index contributed by atoms with van der Waals surface area (Å²) in [5.41, 5.74) is 2.68. The van der Waals surface area contributed by atoms with Crippen molar-refractivity contribution in [3.63, 3.8) is 0 Å². The number of guanidine groups is 1. The number of halogens is 1. The smallest absolute Gasteiger partial charge is 0.238 e. The standard InChI is InChI=1S/C20H23N5O3S.HI/c1-22-20(23-12-11-15-7-9-18(10-8-15)29(21,26)27)24-13-17-14-28-19(25-17)16-5-3-2-4-6-16;/h2-10,14H,11-13H2,1H3,(H2,21,26,27)(H2,22,23,24);1H. The second-order valence-corrected chi connectivity index (χ2v) is 7.86. The van der Waals surface area contributed by atoms with Crippen molar-refractivity contribution in [3.8, 4) is 11.5 Å². The molecule has 0 radical (unpaired) electrons. The van der Waals surface area contributed by atoms with Crippen molar-refractivity contribution in [2.24, 2.45) is 10.1 Å². The lowest BCUT2D eigenvalue weighted by atomic mass is 10.1. The third kappa shape index (κ3) is 6.82. The lowest BCUT2D eigenvalue weighted by Crippen LogP contribution is -2.37. The Morgan fingerprint density at radius 2 is 1.80 bits per heavy atom. The van der Waals surface area contributed by atoms with Gasteiger partial charge in [0.15, 0.2) is 5.96 Å². The predicted molar refractivity (Wildman–Crippen MR) is 127 cm³/mol. The van der Waals surface area contributed by atoms with Gasteiger partial charge in [0.25, 0.3) is 0 Å². The minimum atomic E-state index is -3.67. The number of hydrogen-bond acceptors (Lipinski definition) is 5. The first-order chi connectivity index (χ1) is 14.0. The molecule has 30 heavy (non-hydrogen) atoms. The van der Waals surface area contributed by atoms with Gasteiger partial charge in [-0.3, -0.25) is 4.99 Å². The molecule has 8 nitrogen and oxygen atoms in total. The summed E-state index contributed by atoms with van der Waals surface area (Å²) < 4.78 is 28.1. The number of primary sulfonamides is 1. The number of aromatic nitrogens is 1. The zero-order chi connectivity index (χ0) is 20.7. The van der Waals surface area contributed by atoms with Crippen LogP contribution in [-0.4, -0.2) is 33.0 Å². The molecule has 3 rings (SSSR count). The van der Waals surface area contributed by atoms with Crippen LogP contribution in [0, 0.1) is 0 Å². The Balaban J connectivity index is 0.00000320. The van der Waals surface area contributed by atoms with Crippen molar-refractivity contribution in [3.05, 3.63) is 72.1 Å². The Labute approximate surface area is 193 Å². The highest BCUT2D eigenvalue weighted by molar-refractivity contribution is 14.0. The fourth-order valence-electron chi connectivity index (χ4n) is 2.67. The summed E-state index contributed by atoms with van der Waals surface area (Å²) in [6, 6.07) is 16.2. The van der Waals surface area contributed by atoms with Gasteiger partial charge in [-0.1, -0.05) is 30.3 Å². The molecular weight excluding hydrogens is 517 g/mol. The molecule has 0 saturated heterocycles. The molecule has 0 fully saturated rings. The number of nitrogens with two attached hydrogens (primary N) is 1. The topological polar surface area (TPSA) is 123 Å². The summed E-state index contributed by atoms with van der Waals surface area (Å²) in [5.74, 6) is 1.21. The van der Waals surface area contributed by atoms with Gasteiger partial charge in [0.2, 0.25) is 15.9 Å². The molecule has 2 aromatic carbocycles. The van der Waals surface area contributed by atoms with Gasteiger partial charge in [-0.05, 0) is 36.2 Å². The normalized spacial score (nSPS) is 11.6. The highest BCUT2D eigenvalue weighted by atomic mass is 127. The van der Waals surface area contributed by atoms with Crippen molar-refractivity contribution >= 4 is 40.0 Å². The molecule has 0 unspecified atom stereocenters. The van der Waals surface area contributed by atoms with Gasteiger partial charge < -0.3 is 15.1 Å². The molecule has 0 aliphatic carbocycles. The third-order valence-corrected chi connectivity index (χ3v) is 5.12. The number of benzene rings is 2. The van der Waals surface area contributed by atoms with Crippen LogP contribution in [0.15, 0.2) is 75.2 Å². The van der Waals surface area contributed by atoms with Gasteiger partial charge in [0, 0.05) is 19.2 Å². The minimum absolute atomic E-state index is 0. The summed E-state index contributed by atoms with van der Waals surface area (Å²) in [5, 5.41) is 11.5. The molecule has 0 saturated carbocycles. The van der Waals surface area contributed by atoms with E-state index in [0.29, 0.717) is 31.4 Å². The number of sulfonamides is 1. The Morgan fingerprint density at radius 1 is 1.10 bits per heavy atom. The highest BCUT2D eigenvalue weighted by Gasteiger charge is 2.08. The summed E-state index contributed by atoms with van der Waals surface area (Å²) in [7, 11) is -1.98. The van der Waals surface area contributed by atoms with E-state index in [1.54, 1.807) is 25.4 Å².